The van der Waals surface area contributed by atoms with Crippen LogP contribution in [0.5, 0.6) is 5.75 Å². The van der Waals surface area contributed by atoms with Crippen LogP contribution in [0.3, 0.4) is 0 Å². The van der Waals surface area contributed by atoms with Gasteiger partial charge in [-0.25, -0.2) is 13.4 Å². The van der Waals surface area contributed by atoms with Gasteiger partial charge in [0.15, 0.2) is 0 Å². The Morgan fingerprint density at radius 3 is 2.60 bits per heavy atom. The Balaban J connectivity index is 2.09. The zero-order valence-electron chi connectivity index (χ0n) is 14.9. The normalized spacial score (nSPS) is 11.2. The minimum atomic E-state index is -3.75. The lowest BCUT2D eigenvalue weighted by Crippen LogP contribution is -2.14. The molecule has 0 saturated carbocycles. The Bertz CT molecular complexity index is 790. The van der Waals surface area contributed by atoms with E-state index >= 15 is 0 Å². The van der Waals surface area contributed by atoms with Gasteiger partial charge in [0.2, 0.25) is 0 Å². The maximum atomic E-state index is 12.6. The predicted octanol–water partition coefficient (Wildman–Crippen LogP) is 3.80. The fraction of sp³-hybridized carbons (Fsp3) is 0.389. The summed E-state index contributed by atoms with van der Waals surface area (Å²) in [6.45, 7) is 4.84. The third-order valence-corrected chi connectivity index (χ3v) is 5.11. The number of aryl methyl sites for hydroxylation is 1. The molecule has 0 bridgehead atoms. The monoisotopic (exact) mass is 363 g/mol. The predicted molar refractivity (Wildman–Crippen MR) is 101 cm³/mol. The quantitative estimate of drug-likeness (QED) is 0.662. The Labute approximate surface area is 149 Å². The van der Waals surface area contributed by atoms with E-state index in [4.69, 9.17) is 4.74 Å². The summed E-state index contributed by atoms with van der Waals surface area (Å²) in [5.74, 6) is 1.03. The van der Waals surface area contributed by atoms with Gasteiger partial charge in [0, 0.05) is 6.54 Å². The number of hydrogen-bond donors (Lipinski definition) is 2. The van der Waals surface area contributed by atoms with E-state index in [9.17, 15) is 8.42 Å². The summed E-state index contributed by atoms with van der Waals surface area (Å²) in [7, 11) is -2.30. The lowest BCUT2D eigenvalue weighted by molar-refractivity contribution is 0.402. The average Bonchev–Trinajstić information content (AvgIpc) is 2.60. The molecule has 7 heteroatoms. The zero-order valence-corrected chi connectivity index (χ0v) is 15.7. The number of rotatable bonds is 9. The highest BCUT2D eigenvalue weighted by atomic mass is 32.2. The van der Waals surface area contributed by atoms with Gasteiger partial charge in [-0.15, -0.1) is 0 Å². The van der Waals surface area contributed by atoms with Crippen molar-refractivity contribution in [1.29, 1.82) is 0 Å². The number of unbranched alkanes of at least 4 members (excludes halogenated alkanes) is 2. The molecule has 0 unspecified atom stereocenters. The zero-order chi connectivity index (χ0) is 18.3. The van der Waals surface area contributed by atoms with Gasteiger partial charge in [-0.2, -0.15) is 0 Å². The van der Waals surface area contributed by atoms with E-state index in [2.05, 4.69) is 21.9 Å². The van der Waals surface area contributed by atoms with Crippen LogP contribution >= 0.6 is 0 Å². The minimum absolute atomic E-state index is 0.108. The molecule has 0 aliphatic rings. The maximum absolute atomic E-state index is 12.6. The first kappa shape index (κ1) is 19.1. The van der Waals surface area contributed by atoms with Crippen LogP contribution in [-0.2, 0) is 10.0 Å². The number of anilines is 2. The van der Waals surface area contributed by atoms with Crippen molar-refractivity contribution in [3.8, 4) is 5.75 Å². The number of methoxy groups -OCH3 is 1. The number of nitrogens with zero attached hydrogens (tertiary/aromatic N) is 1. The summed E-state index contributed by atoms with van der Waals surface area (Å²) in [6.07, 6.45) is 4.92. The summed E-state index contributed by atoms with van der Waals surface area (Å²) >= 11 is 0. The second kappa shape index (κ2) is 8.71. The molecule has 1 heterocycles. The molecule has 0 atom stereocenters. The molecule has 2 N–H and O–H groups in total. The highest BCUT2D eigenvalue weighted by Crippen LogP contribution is 2.26. The van der Waals surface area contributed by atoms with Crippen LogP contribution in [0.4, 0.5) is 11.5 Å². The van der Waals surface area contributed by atoms with Gasteiger partial charge in [-0.1, -0.05) is 25.8 Å². The van der Waals surface area contributed by atoms with Crippen LogP contribution in [-0.4, -0.2) is 27.1 Å². The molecule has 25 heavy (non-hydrogen) atoms. The van der Waals surface area contributed by atoms with E-state index in [1.165, 1.54) is 19.7 Å². The number of hydrogen-bond acceptors (Lipinski definition) is 5. The van der Waals surface area contributed by atoms with E-state index in [1.54, 1.807) is 30.3 Å². The van der Waals surface area contributed by atoms with Gasteiger partial charge in [0.1, 0.15) is 16.5 Å². The molecule has 0 aliphatic heterocycles. The lowest BCUT2D eigenvalue weighted by Gasteiger charge is -2.12. The van der Waals surface area contributed by atoms with Gasteiger partial charge in [-0.05, 0) is 43.2 Å². The summed E-state index contributed by atoms with van der Waals surface area (Å²) in [6, 6.07) is 8.48. The smallest absolute Gasteiger partial charge is 0.265 e. The van der Waals surface area contributed by atoms with Crippen LogP contribution in [0.25, 0.3) is 0 Å². The number of nitrogens with one attached hydrogen (secondary N) is 2. The first-order valence-electron chi connectivity index (χ1n) is 8.33. The highest BCUT2D eigenvalue weighted by Gasteiger charge is 2.20. The first-order valence-corrected chi connectivity index (χ1v) is 9.82. The molecule has 0 amide bonds. The van der Waals surface area contributed by atoms with E-state index in [1.807, 2.05) is 6.92 Å². The van der Waals surface area contributed by atoms with Gasteiger partial charge in [0.25, 0.3) is 10.0 Å². The van der Waals surface area contributed by atoms with Crippen molar-refractivity contribution >= 4 is 21.5 Å². The SMILES string of the molecule is CCCCCNc1ccc(NS(=O)(=O)c2cc(C)ccc2OC)cn1. The molecule has 0 saturated heterocycles. The van der Waals surface area contributed by atoms with Crippen LogP contribution < -0.4 is 14.8 Å². The molecular formula is C18H25N3O3S. The number of aromatic nitrogens is 1. The van der Waals surface area contributed by atoms with Crippen LogP contribution in [0.15, 0.2) is 41.4 Å². The third kappa shape index (κ3) is 5.35. The third-order valence-electron chi connectivity index (χ3n) is 3.71. The van der Waals surface area contributed by atoms with Crippen molar-refractivity contribution in [3.05, 3.63) is 42.1 Å². The second-order valence-corrected chi connectivity index (χ2v) is 7.48. The number of pyridine rings is 1. The van der Waals surface area contributed by atoms with E-state index in [0.29, 0.717) is 11.4 Å². The van der Waals surface area contributed by atoms with Gasteiger partial charge in [0.05, 0.1) is 19.0 Å². The Morgan fingerprint density at radius 1 is 1.16 bits per heavy atom. The molecule has 0 fully saturated rings. The van der Waals surface area contributed by atoms with Gasteiger partial charge < -0.3 is 10.1 Å². The van der Waals surface area contributed by atoms with Crippen molar-refractivity contribution < 1.29 is 13.2 Å². The molecule has 0 spiro atoms. The second-order valence-electron chi connectivity index (χ2n) is 5.83. The van der Waals surface area contributed by atoms with Crippen molar-refractivity contribution in [2.45, 2.75) is 38.0 Å². The molecule has 0 radical (unpaired) electrons. The van der Waals surface area contributed by atoms with Crippen molar-refractivity contribution in [2.75, 3.05) is 23.7 Å². The molecule has 1 aromatic heterocycles. The summed E-state index contributed by atoms with van der Waals surface area (Å²) in [5.41, 5.74) is 1.24. The van der Waals surface area contributed by atoms with Crippen LogP contribution in [0.2, 0.25) is 0 Å². The van der Waals surface area contributed by atoms with Gasteiger partial charge in [-0.3, -0.25) is 4.72 Å². The standard InChI is InChI=1S/C18H25N3O3S/c1-4-5-6-11-19-18-10-8-15(13-20-18)21-25(22,23)17-12-14(2)7-9-16(17)24-3/h7-10,12-13,21H,4-6,11H2,1-3H3,(H,19,20). The minimum Gasteiger partial charge on any atom is -0.495 e. The number of benzene rings is 1. The van der Waals surface area contributed by atoms with Crippen molar-refractivity contribution in [3.63, 3.8) is 0 Å². The molecule has 0 aliphatic carbocycles. The topological polar surface area (TPSA) is 80.3 Å². The molecular weight excluding hydrogens is 338 g/mol. The average molecular weight is 363 g/mol. The molecule has 6 nitrogen and oxygen atoms in total. The lowest BCUT2D eigenvalue weighted by atomic mass is 10.2. The molecule has 136 valence electrons. The highest BCUT2D eigenvalue weighted by molar-refractivity contribution is 7.92. The number of sulfonamides is 1. The van der Waals surface area contributed by atoms with E-state index in [-0.39, 0.29) is 4.90 Å². The first-order chi connectivity index (χ1) is 12.0. The van der Waals surface area contributed by atoms with Crippen LogP contribution in [0, 0.1) is 6.92 Å². The van der Waals surface area contributed by atoms with E-state index in [0.717, 1.165) is 30.8 Å². The largest absolute Gasteiger partial charge is 0.495 e. The molecule has 2 aromatic rings. The van der Waals surface area contributed by atoms with Crippen molar-refractivity contribution in [2.24, 2.45) is 0 Å². The fourth-order valence-corrected chi connectivity index (χ4v) is 3.65. The Kier molecular flexibility index (Phi) is 6.64. The summed E-state index contributed by atoms with van der Waals surface area (Å²) in [4.78, 5) is 4.35. The van der Waals surface area contributed by atoms with Gasteiger partial charge >= 0.3 is 0 Å². The summed E-state index contributed by atoms with van der Waals surface area (Å²) < 4.78 is 33.0. The maximum Gasteiger partial charge on any atom is 0.265 e. The molecule has 2 rings (SSSR count). The Hall–Kier alpha value is -2.28. The van der Waals surface area contributed by atoms with Crippen LogP contribution in [0.1, 0.15) is 31.7 Å². The number of ether oxygens (including phenoxy) is 1. The molecule has 1 aromatic carbocycles. The Morgan fingerprint density at radius 2 is 1.96 bits per heavy atom. The van der Waals surface area contributed by atoms with Crippen molar-refractivity contribution in [1.82, 2.24) is 4.98 Å². The summed E-state index contributed by atoms with van der Waals surface area (Å²) in [5, 5.41) is 3.22. The van der Waals surface area contributed by atoms with E-state index < -0.39 is 10.0 Å². The fourth-order valence-electron chi connectivity index (χ4n) is 2.35.